The first-order chi connectivity index (χ1) is 7.65. The van der Waals surface area contributed by atoms with Crippen molar-refractivity contribution in [2.75, 3.05) is 6.54 Å². The van der Waals surface area contributed by atoms with Crippen LogP contribution in [0.25, 0.3) is 0 Å². The fourth-order valence-corrected chi connectivity index (χ4v) is 2.19. The predicted molar refractivity (Wildman–Crippen MR) is 69.6 cm³/mol. The molecule has 1 aliphatic carbocycles. The molecule has 88 valence electrons. The molecule has 0 bridgehead atoms. The van der Waals surface area contributed by atoms with Crippen LogP contribution in [0.1, 0.15) is 31.4 Å². The van der Waals surface area contributed by atoms with E-state index in [2.05, 4.69) is 50.4 Å². The highest BCUT2D eigenvalue weighted by Crippen LogP contribution is 2.36. The number of benzene rings is 1. The third-order valence-electron chi connectivity index (χ3n) is 3.67. The molecule has 2 rings (SSSR count). The first-order valence-corrected chi connectivity index (χ1v) is 6.44. The fourth-order valence-electron chi connectivity index (χ4n) is 2.19. The van der Waals surface area contributed by atoms with Crippen LogP contribution in [-0.4, -0.2) is 12.6 Å². The van der Waals surface area contributed by atoms with Crippen molar-refractivity contribution in [2.45, 2.75) is 39.7 Å². The van der Waals surface area contributed by atoms with Gasteiger partial charge in [-0.1, -0.05) is 36.8 Å². The maximum atomic E-state index is 3.64. The van der Waals surface area contributed by atoms with Gasteiger partial charge in [0.05, 0.1) is 0 Å². The molecule has 0 aromatic heterocycles. The molecule has 1 aliphatic rings. The van der Waals surface area contributed by atoms with Gasteiger partial charge in [0.15, 0.2) is 0 Å². The van der Waals surface area contributed by atoms with E-state index in [0.29, 0.717) is 6.04 Å². The molecule has 3 atom stereocenters. The molecule has 0 spiro atoms. The van der Waals surface area contributed by atoms with Gasteiger partial charge in [-0.05, 0) is 50.6 Å². The Kier molecular flexibility index (Phi) is 3.65. The highest BCUT2D eigenvalue weighted by Gasteiger charge is 2.31. The zero-order valence-corrected chi connectivity index (χ0v) is 10.7. The summed E-state index contributed by atoms with van der Waals surface area (Å²) in [6, 6.07) is 9.48. The van der Waals surface area contributed by atoms with Crippen molar-refractivity contribution in [2.24, 2.45) is 11.8 Å². The molecule has 1 N–H and O–H groups in total. The Hall–Kier alpha value is -0.820. The van der Waals surface area contributed by atoms with E-state index in [1.807, 2.05) is 0 Å². The molecule has 0 amide bonds. The molecule has 1 aromatic carbocycles. The van der Waals surface area contributed by atoms with Crippen LogP contribution in [0.4, 0.5) is 0 Å². The zero-order chi connectivity index (χ0) is 11.5. The molecule has 16 heavy (non-hydrogen) atoms. The number of nitrogens with one attached hydrogen (secondary N) is 1. The molecule has 1 nitrogen and oxygen atoms in total. The largest absolute Gasteiger partial charge is 0.314 e. The quantitative estimate of drug-likeness (QED) is 0.799. The van der Waals surface area contributed by atoms with Crippen molar-refractivity contribution in [1.82, 2.24) is 5.32 Å². The van der Waals surface area contributed by atoms with Crippen LogP contribution in [-0.2, 0) is 6.42 Å². The number of aryl methyl sites for hydroxylation is 1. The molecule has 0 heterocycles. The van der Waals surface area contributed by atoms with E-state index in [9.17, 15) is 0 Å². The number of rotatable bonds is 5. The second-order valence-corrected chi connectivity index (χ2v) is 5.47. The van der Waals surface area contributed by atoms with Crippen molar-refractivity contribution in [3.8, 4) is 0 Å². The molecule has 0 saturated heterocycles. The van der Waals surface area contributed by atoms with Crippen molar-refractivity contribution in [3.05, 3.63) is 35.4 Å². The average molecular weight is 217 g/mol. The lowest BCUT2D eigenvalue weighted by molar-refractivity contribution is 0.515. The Balaban J connectivity index is 1.73. The van der Waals surface area contributed by atoms with Gasteiger partial charge in [-0.15, -0.1) is 0 Å². The second-order valence-electron chi connectivity index (χ2n) is 5.47. The number of hydrogen-bond donors (Lipinski definition) is 1. The maximum Gasteiger partial charge on any atom is 0.00792 e. The minimum Gasteiger partial charge on any atom is -0.314 e. The van der Waals surface area contributed by atoms with E-state index in [0.717, 1.165) is 18.3 Å². The van der Waals surface area contributed by atoms with E-state index >= 15 is 0 Å². The molecular weight excluding hydrogens is 194 g/mol. The van der Waals surface area contributed by atoms with E-state index in [-0.39, 0.29) is 0 Å². The molecule has 1 heteroatoms. The lowest BCUT2D eigenvalue weighted by atomic mass is 10.1. The Labute approximate surface area is 99.3 Å². The summed E-state index contributed by atoms with van der Waals surface area (Å²) in [5.41, 5.74) is 2.78. The molecular formula is C15H23N. The Bertz CT molecular complexity index is 328. The van der Waals surface area contributed by atoms with Crippen LogP contribution in [0.2, 0.25) is 0 Å². The lowest BCUT2D eigenvalue weighted by Gasteiger charge is -2.13. The number of hydrogen-bond acceptors (Lipinski definition) is 1. The van der Waals surface area contributed by atoms with Crippen LogP contribution in [0.15, 0.2) is 24.3 Å². The zero-order valence-electron chi connectivity index (χ0n) is 10.7. The molecule has 0 radical (unpaired) electrons. The first-order valence-electron chi connectivity index (χ1n) is 6.44. The van der Waals surface area contributed by atoms with Crippen LogP contribution < -0.4 is 5.32 Å². The SMILES string of the molecule is Cc1ccc(CC(C)NCC2CC2C)cc1. The minimum absolute atomic E-state index is 0.593. The highest BCUT2D eigenvalue weighted by molar-refractivity contribution is 5.21. The molecule has 1 fully saturated rings. The summed E-state index contributed by atoms with van der Waals surface area (Å²) >= 11 is 0. The van der Waals surface area contributed by atoms with Crippen LogP contribution >= 0.6 is 0 Å². The van der Waals surface area contributed by atoms with Crippen LogP contribution in [0.5, 0.6) is 0 Å². The second kappa shape index (κ2) is 5.01. The van der Waals surface area contributed by atoms with Crippen LogP contribution in [0, 0.1) is 18.8 Å². The summed E-state index contributed by atoms with van der Waals surface area (Å²) in [6.45, 7) is 7.97. The topological polar surface area (TPSA) is 12.0 Å². The first kappa shape index (κ1) is 11.7. The van der Waals surface area contributed by atoms with Crippen molar-refractivity contribution >= 4 is 0 Å². The summed E-state index contributed by atoms with van der Waals surface area (Å²) in [4.78, 5) is 0. The summed E-state index contributed by atoms with van der Waals surface area (Å²) in [5.74, 6) is 1.90. The fraction of sp³-hybridized carbons (Fsp3) is 0.600. The van der Waals surface area contributed by atoms with E-state index in [4.69, 9.17) is 0 Å². The summed E-state index contributed by atoms with van der Waals surface area (Å²) in [6.07, 6.45) is 2.56. The van der Waals surface area contributed by atoms with Gasteiger partial charge in [-0.2, -0.15) is 0 Å². The average Bonchev–Trinajstić information content (AvgIpc) is 2.95. The van der Waals surface area contributed by atoms with Crippen molar-refractivity contribution in [3.63, 3.8) is 0 Å². The molecule has 1 aromatic rings. The van der Waals surface area contributed by atoms with Gasteiger partial charge in [-0.3, -0.25) is 0 Å². The maximum absolute atomic E-state index is 3.64. The van der Waals surface area contributed by atoms with Crippen molar-refractivity contribution in [1.29, 1.82) is 0 Å². The molecule has 1 saturated carbocycles. The third-order valence-corrected chi connectivity index (χ3v) is 3.67. The van der Waals surface area contributed by atoms with Gasteiger partial charge in [0.25, 0.3) is 0 Å². The van der Waals surface area contributed by atoms with E-state index in [1.54, 1.807) is 0 Å². The summed E-state index contributed by atoms with van der Waals surface area (Å²) < 4.78 is 0. The van der Waals surface area contributed by atoms with Gasteiger partial charge >= 0.3 is 0 Å². The Morgan fingerprint density at radius 3 is 2.50 bits per heavy atom. The minimum atomic E-state index is 0.593. The smallest absolute Gasteiger partial charge is 0.00792 e. The Morgan fingerprint density at radius 1 is 1.31 bits per heavy atom. The monoisotopic (exact) mass is 217 g/mol. The van der Waals surface area contributed by atoms with Gasteiger partial charge in [0.1, 0.15) is 0 Å². The third kappa shape index (κ3) is 3.34. The standard InChI is InChI=1S/C15H23N/c1-11-4-6-14(7-5-11)9-13(3)16-10-15-8-12(15)2/h4-7,12-13,15-16H,8-10H2,1-3H3. The van der Waals surface area contributed by atoms with Crippen molar-refractivity contribution < 1.29 is 0 Å². The Morgan fingerprint density at radius 2 is 1.94 bits per heavy atom. The normalized spacial score (nSPS) is 25.4. The van der Waals surface area contributed by atoms with Gasteiger partial charge in [0.2, 0.25) is 0 Å². The lowest BCUT2D eigenvalue weighted by Crippen LogP contribution is -2.30. The van der Waals surface area contributed by atoms with Gasteiger partial charge < -0.3 is 5.32 Å². The van der Waals surface area contributed by atoms with Crippen LogP contribution in [0.3, 0.4) is 0 Å². The predicted octanol–water partition coefficient (Wildman–Crippen LogP) is 3.17. The van der Waals surface area contributed by atoms with Gasteiger partial charge in [-0.25, -0.2) is 0 Å². The van der Waals surface area contributed by atoms with Gasteiger partial charge in [0, 0.05) is 6.04 Å². The molecule has 3 unspecified atom stereocenters. The highest BCUT2D eigenvalue weighted by atomic mass is 14.9. The summed E-state index contributed by atoms with van der Waals surface area (Å²) in [7, 11) is 0. The van der Waals surface area contributed by atoms with E-state index < -0.39 is 0 Å². The summed E-state index contributed by atoms with van der Waals surface area (Å²) in [5, 5.41) is 3.64. The van der Waals surface area contributed by atoms with E-state index in [1.165, 1.54) is 24.1 Å². The molecule has 0 aliphatic heterocycles.